The van der Waals surface area contributed by atoms with Crippen molar-refractivity contribution in [3.05, 3.63) is 65.9 Å². The molecule has 4 aromatic rings. The molecule has 1 atom stereocenters. The molecule has 6 rings (SSSR count). The zero-order valence-electron chi connectivity index (χ0n) is 24.0. The second-order valence-corrected chi connectivity index (χ2v) is 10.6. The Hall–Kier alpha value is -4.43. The highest BCUT2D eigenvalue weighted by molar-refractivity contribution is 5.98. The molecule has 2 saturated heterocycles. The van der Waals surface area contributed by atoms with Crippen molar-refractivity contribution < 1.29 is 33.3 Å². The SMILES string of the molecule is COc1cc(-c2cc3nccc(-c4ccc(OC5CCOCC5)c(C#N)c4)c3o2)ccc1C(=O)N1CCOC(CCO)C1. The van der Waals surface area contributed by atoms with Crippen LogP contribution < -0.4 is 9.47 Å². The summed E-state index contributed by atoms with van der Waals surface area (Å²) in [6.07, 6.45) is 3.63. The van der Waals surface area contributed by atoms with Gasteiger partial charge in [-0.3, -0.25) is 9.78 Å². The highest BCUT2D eigenvalue weighted by atomic mass is 16.5. The zero-order chi connectivity index (χ0) is 29.8. The van der Waals surface area contributed by atoms with Gasteiger partial charge in [0.05, 0.1) is 44.2 Å². The molecule has 0 spiro atoms. The lowest BCUT2D eigenvalue weighted by atomic mass is 10.0. The third-order valence-corrected chi connectivity index (χ3v) is 7.88. The Balaban J connectivity index is 1.27. The summed E-state index contributed by atoms with van der Waals surface area (Å²) in [5.74, 6) is 1.41. The summed E-state index contributed by atoms with van der Waals surface area (Å²) in [7, 11) is 1.53. The predicted octanol–water partition coefficient (Wildman–Crippen LogP) is 4.82. The molecule has 10 nitrogen and oxygen atoms in total. The number of carbonyl (C=O) groups is 1. The number of rotatable bonds is 8. The van der Waals surface area contributed by atoms with Gasteiger partial charge >= 0.3 is 0 Å². The minimum Gasteiger partial charge on any atom is -0.496 e. The predicted molar refractivity (Wildman–Crippen MR) is 158 cm³/mol. The van der Waals surface area contributed by atoms with E-state index in [1.54, 1.807) is 23.2 Å². The number of aliphatic hydroxyl groups is 1. The molecule has 2 aliphatic rings. The van der Waals surface area contributed by atoms with Crippen molar-refractivity contribution in [1.29, 1.82) is 5.26 Å². The van der Waals surface area contributed by atoms with Gasteiger partial charge in [-0.2, -0.15) is 5.26 Å². The number of furan rings is 1. The summed E-state index contributed by atoms with van der Waals surface area (Å²) in [6.45, 7) is 2.63. The van der Waals surface area contributed by atoms with Crippen LogP contribution in [0, 0.1) is 11.3 Å². The number of fused-ring (bicyclic) bond motifs is 1. The number of amides is 1. The van der Waals surface area contributed by atoms with Crippen molar-refractivity contribution >= 4 is 17.0 Å². The average molecular weight is 584 g/mol. The van der Waals surface area contributed by atoms with Gasteiger partial charge in [0.2, 0.25) is 0 Å². The highest BCUT2D eigenvalue weighted by Gasteiger charge is 2.27. The van der Waals surface area contributed by atoms with E-state index in [0.717, 1.165) is 29.5 Å². The molecule has 0 bridgehead atoms. The number of hydrogen-bond donors (Lipinski definition) is 1. The first-order chi connectivity index (χ1) is 21.1. The van der Waals surface area contributed by atoms with Crippen molar-refractivity contribution in [2.75, 3.05) is 46.6 Å². The van der Waals surface area contributed by atoms with E-state index in [-0.39, 0.29) is 24.7 Å². The van der Waals surface area contributed by atoms with Crippen molar-refractivity contribution in [2.24, 2.45) is 0 Å². The van der Waals surface area contributed by atoms with Crippen molar-refractivity contribution in [3.8, 4) is 40.0 Å². The van der Waals surface area contributed by atoms with Crippen molar-refractivity contribution in [3.63, 3.8) is 0 Å². The molecule has 43 heavy (non-hydrogen) atoms. The molecule has 0 aliphatic carbocycles. The van der Waals surface area contributed by atoms with E-state index in [9.17, 15) is 15.2 Å². The lowest BCUT2D eigenvalue weighted by Crippen LogP contribution is -2.46. The Labute approximate surface area is 249 Å². The van der Waals surface area contributed by atoms with Crippen LogP contribution in [-0.4, -0.2) is 79.7 Å². The molecule has 4 heterocycles. The Morgan fingerprint density at radius 3 is 2.72 bits per heavy atom. The number of nitrogens with zero attached hydrogens (tertiary/aromatic N) is 3. The van der Waals surface area contributed by atoms with Crippen LogP contribution in [0.5, 0.6) is 11.5 Å². The van der Waals surface area contributed by atoms with E-state index in [0.29, 0.717) is 78.8 Å². The van der Waals surface area contributed by atoms with Crippen LogP contribution >= 0.6 is 0 Å². The molecule has 10 heteroatoms. The van der Waals surface area contributed by atoms with E-state index in [1.165, 1.54) is 7.11 Å². The van der Waals surface area contributed by atoms with E-state index in [1.807, 2.05) is 36.4 Å². The smallest absolute Gasteiger partial charge is 0.257 e. The van der Waals surface area contributed by atoms with Gasteiger partial charge in [0.25, 0.3) is 5.91 Å². The van der Waals surface area contributed by atoms with Gasteiger partial charge in [0.15, 0.2) is 5.58 Å². The van der Waals surface area contributed by atoms with Crippen LogP contribution in [0.2, 0.25) is 0 Å². The maximum atomic E-state index is 13.4. The number of aromatic nitrogens is 1. The fraction of sp³-hybridized carbons (Fsp3) is 0.364. The molecule has 1 N–H and O–H groups in total. The summed E-state index contributed by atoms with van der Waals surface area (Å²) in [6, 6.07) is 16.9. The summed E-state index contributed by atoms with van der Waals surface area (Å²) >= 11 is 0. The number of ether oxygens (including phenoxy) is 4. The first kappa shape index (κ1) is 28.7. The second kappa shape index (κ2) is 12.8. The van der Waals surface area contributed by atoms with Gasteiger partial charge in [0.1, 0.15) is 34.9 Å². The molecule has 1 amide bonds. The zero-order valence-corrected chi connectivity index (χ0v) is 24.0. The van der Waals surface area contributed by atoms with Gasteiger partial charge in [-0.15, -0.1) is 0 Å². The quantitative estimate of drug-likeness (QED) is 0.310. The van der Waals surface area contributed by atoms with Crippen molar-refractivity contribution in [2.45, 2.75) is 31.5 Å². The molecule has 222 valence electrons. The third-order valence-electron chi connectivity index (χ3n) is 7.88. The fourth-order valence-corrected chi connectivity index (χ4v) is 5.58. The standard InChI is InChI=1S/C33H33N3O7/c1-39-31-17-22(2-4-27(31)33(38)36-11-15-41-25(20-36)7-12-37)30-18-28-32(43-30)26(6-10-35-28)21-3-5-29(23(16-21)19-34)42-24-8-13-40-14-9-24/h2-6,10,16-18,24-25,37H,7-9,11-15,20H2,1H3. The first-order valence-electron chi connectivity index (χ1n) is 14.5. The molecule has 2 aromatic carbocycles. The molecular weight excluding hydrogens is 550 g/mol. The Morgan fingerprint density at radius 1 is 1.09 bits per heavy atom. The Bertz CT molecular complexity index is 1650. The molecule has 2 fully saturated rings. The minimum atomic E-state index is -0.190. The van der Waals surface area contributed by atoms with Crippen LogP contribution in [0.1, 0.15) is 35.2 Å². The number of pyridine rings is 1. The lowest BCUT2D eigenvalue weighted by molar-refractivity contribution is -0.0307. The lowest BCUT2D eigenvalue weighted by Gasteiger charge is -2.33. The fourth-order valence-electron chi connectivity index (χ4n) is 5.58. The minimum absolute atomic E-state index is 0.00854. The topological polar surface area (TPSA) is 127 Å². The molecule has 0 saturated carbocycles. The first-order valence-corrected chi connectivity index (χ1v) is 14.5. The van der Waals surface area contributed by atoms with Crippen LogP contribution in [0.4, 0.5) is 0 Å². The largest absolute Gasteiger partial charge is 0.496 e. The number of carbonyl (C=O) groups excluding carboxylic acids is 1. The molecular formula is C33H33N3O7. The van der Waals surface area contributed by atoms with E-state index >= 15 is 0 Å². The number of hydrogen-bond acceptors (Lipinski definition) is 9. The maximum Gasteiger partial charge on any atom is 0.257 e. The second-order valence-electron chi connectivity index (χ2n) is 10.6. The summed E-state index contributed by atoms with van der Waals surface area (Å²) in [5, 5.41) is 19.1. The monoisotopic (exact) mass is 583 g/mol. The molecule has 2 aliphatic heterocycles. The van der Waals surface area contributed by atoms with Gasteiger partial charge in [0, 0.05) is 55.9 Å². The Kier molecular flexibility index (Phi) is 8.56. The summed E-state index contributed by atoms with van der Waals surface area (Å²) < 4.78 is 29.2. The molecule has 0 radical (unpaired) electrons. The van der Waals surface area contributed by atoms with Gasteiger partial charge in [-0.1, -0.05) is 12.1 Å². The van der Waals surface area contributed by atoms with Gasteiger partial charge in [-0.25, -0.2) is 0 Å². The number of morpholine rings is 1. The van der Waals surface area contributed by atoms with E-state index in [4.69, 9.17) is 23.4 Å². The van der Waals surface area contributed by atoms with Gasteiger partial charge < -0.3 is 33.4 Å². The molecule has 1 unspecified atom stereocenters. The summed E-state index contributed by atoms with van der Waals surface area (Å²) in [5.41, 5.74) is 4.49. The van der Waals surface area contributed by atoms with Crippen molar-refractivity contribution in [1.82, 2.24) is 9.88 Å². The van der Waals surface area contributed by atoms with Crippen LogP contribution in [0.25, 0.3) is 33.6 Å². The highest BCUT2D eigenvalue weighted by Crippen LogP contribution is 2.37. The average Bonchev–Trinajstić information content (AvgIpc) is 3.50. The van der Waals surface area contributed by atoms with Crippen LogP contribution in [0.15, 0.2) is 59.1 Å². The number of aliphatic hydroxyl groups excluding tert-OH is 1. The third kappa shape index (κ3) is 6.06. The van der Waals surface area contributed by atoms with Crippen LogP contribution in [-0.2, 0) is 9.47 Å². The van der Waals surface area contributed by atoms with Crippen LogP contribution in [0.3, 0.4) is 0 Å². The molecule has 2 aromatic heterocycles. The summed E-state index contributed by atoms with van der Waals surface area (Å²) in [4.78, 5) is 19.6. The Morgan fingerprint density at radius 2 is 1.93 bits per heavy atom. The maximum absolute atomic E-state index is 13.4. The number of nitriles is 1. The van der Waals surface area contributed by atoms with E-state index in [2.05, 4.69) is 11.1 Å². The normalized spacial score (nSPS) is 17.5. The van der Waals surface area contributed by atoms with E-state index < -0.39 is 0 Å². The number of benzene rings is 2. The van der Waals surface area contributed by atoms with Gasteiger partial charge in [-0.05, 0) is 42.3 Å². The number of methoxy groups -OCH3 is 1.